The molecule has 0 spiro atoms. The highest BCUT2D eigenvalue weighted by Crippen LogP contribution is 2.27. The smallest absolute Gasteiger partial charge is 0.220 e. The lowest BCUT2D eigenvalue weighted by Gasteiger charge is -1.77. The number of primary amides is 1. The van der Waals surface area contributed by atoms with Gasteiger partial charge in [-0.1, -0.05) is 0 Å². The van der Waals surface area contributed by atoms with Crippen LogP contribution >= 0.6 is 0 Å². The van der Waals surface area contributed by atoms with Crippen molar-refractivity contribution in [3.8, 4) is 0 Å². The number of hydrogen-bond donors (Lipinski definition) is 1. The van der Waals surface area contributed by atoms with Gasteiger partial charge in [0.25, 0.3) is 0 Å². The summed E-state index contributed by atoms with van der Waals surface area (Å²) in [6.07, 6.45) is 2.05. The summed E-state index contributed by atoms with van der Waals surface area (Å²) in [5, 5.41) is 0. The molecule has 1 rings (SSSR count). The minimum absolute atomic E-state index is 0. The molecule has 0 heterocycles. The third-order valence-electron chi connectivity index (χ3n) is 0.980. The maximum atomic E-state index is 9.98. The quantitative estimate of drug-likeness (QED) is 0.485. The molecule has 0 aromatic heterocycles. The Labute approximate surface area is 37.8 Å². The van der Waals surface area contributed by atoms with Gasteiger partial charge in [-0.3, -0.25) is 4.79 Å². The van der Waals surface area contributed by atoms with Crippen LogP contribution in [0.15, 0.2) is 0 Å². The van der Waals surface area contributed by atoms with Gasteiger partial charge in [0, 0.05) is 7.34 Å². The first-order valence-corrected chi connectivity index (χ1v) is 2.10. The molecule has 1 fully saturated rings. The Balaban J connectivity index is 0.000000360. The molecule has 0 bridgehead atoms. The second-order valence-corrected chi connectivity index (χ2v) is 1.68. The lowest BCUT2D eigenvalue weighted by Crippen LogP contribution is -2.11. The van der Waals surface area contributed by atoms with Gasteiger partial charge in [-0.15, -0.1) is 0 Å². The number of nitrogens with two attached hydrogens (primary N) is 1. The van der Waals surface area contributed by atoms with Crippen LogP contribution in [0.4, 0.5) is 0 Å². The average Bonchev–Trinajstić information content (AvgIpc) is 2.06. The van der Waals surface area contributed by atoms with E-state index in [4.69, 9.17) is 5.73 Å². The molecule has 0 unspecified atom stereocenters. The summed E-state index contributed by atoms with van der Waals surface area (Å²) in [5.41, 5.74) is 4.86. The maximum Gasteiger partial charge on any atom is 0.220 e. The van der Waals surface area contributed by atoms with Gasteiger partial charge in [0.05, 0.1) is 0 Å². The van der Waals surface area contributed by atoms with Crippen molar-refractivity contribution in [2.75, 3.05) is 0 Å². The van der Waals surface area contributed by atoms with E-state index in [1.54, 1.807) is 0 Å². The molecule has 6 heavy (non-hydrogen) atoms. The predicted octanol–water partition coefficient (Wildman–Crippen LogP) is 0.128. The second-order valence-electron chi connectivity index (χ2n) is 1.68. The number of carbonyl (C=O) groups excluding carboxylic acids is 1. The Morgan fingerprint density at radius 2 is 2.33 bits per heavy atom. The Morgan fingerprint density at radius 1 is 1.83 bits per heavy atom. The predicted molar refractivity (Wildman–Crippen MR) is 24.0 cm³/mol. The number of rotatable bonds is 1. The molecule has 0 aromatic rings. The summed E-state index contributed by atoms with van der Waals surface area (Å²) in [6.45, 7) is 0. The molecule has 2 nitrogen and oxygen atoms in total. The van der Waals surface area contributed by atoms with Gasteiger partial charge in [-0.05, 0) is 12.8 Å². The van der Waals surface area contributed by atoms with Crippen molar-refractivity contribution < 1.29 is 6.22 Å². The van der Waals surface area contributed by atoms with Gasteiger partial charge in [-0.2, -0.15) is 0 Å². The van der Waals surface area contributed by atoms with Crippen molar-refractivity contribution in [3.63, 3.8) is 0 Å². The lowest BCUT2D eigenvalue weighted by molar-refractivity contribution is -0.119. The molecule has 1 aliphatic rings. The number of carbonyl (C=O) groups is 1. The van der Waals surface area contributed by atoms with Crippen molar-refractivity contribution in [2.45, 2.75) is 12.8 Å². The molecular weight excluding hydrogens is 78.0 g/mol. The van der Waals surface area contributed by atoms with E-state index in [2.05, 4.69) is 0 Å². The van der Waals surface area contributed by atoms with E-state index in [0.717, 1.165) is 12.8 Å². The third kappa shape index (κ3) is 0.506. The zero-order valence-electron chi connectivity index (χ0n) is 3.48. The molecule has 0 aromatic carbocycles. The number of hydrogen-bond acceptors (Lipinski definition) is 1. The standard InChI is InChI=1S/C4H7NO.H2/c5-4(6)3-1-2-3;/h3H,1-2H2,(H2,5,6);1H. The largest absolute Gasteiger partial charge is 0.369 e. The van der Waals surface area contributed by atoms with Crippen molar-refractivity contribution in [1.82, 2.24) is 0 Å². The summed E-state index contributed by atoms with van der Waals surface area (Å²) >= 11 is 0. The molecule has 0 saturated heterocycles. The van der Waals surface area contributed by atoms with Crippen LogP contribution in [0.2, 0.25) is 0 Å². The van der Waals surface area contributed by atoms with Crippen LogP contribution in [0, 0.1) is 5.92 Å². The van der Waals surface area contributed by atoms with Crippen molar-refractivity contribution in [2.24, 2.45) is 11.7 Å². The zero-order valence-corrected chi connectivity index (χ0v) is 3.48. The molecule has 2 N–H and O–H groups in total. The van der Waals surface area contributed by atoms with E-state index >= 15 is 0 Å². The Morgan fingerprint density at radius 3 is 2.33 bits per heavy atom. The van der Waals surface area contributed by atoms with E-state index in [0.29, 0.717) is 0 Å². The van der Waals surface area contributed by atoms with Crippen LogP contribution < -0.4 is 5.73 Å². The first kappa shape index (κ1) is 3.65. The Hall–Kier alpha value is -0.530. The first-order valence-electron chi connectivity index (χ1n) is 2.10. The summed E-state index contributed by atoms with van der Waals surface area (Å²) < 4.78 is 0. The van der Waals surface area contributed by atoms with Crippen LogP contribution in [0.25, 0.3) is 0 Å². The normalized spacial score (nSPS) is 20.7. The Kier molecular flexibility index (Phi) is 0.587. The summed E-state index contributed by atoms with van der Waals surface area (Å²) in [4.78, 5) is 9.98. The highest BCUT2D eigenvalue weighted by atomic mass is 16.1. The minimum atomic E-state index is -0.130. The average molecular weight is 87.1 g/mol. The third-order valence-corrected chi connectivity index (χ3v) is 0.980. The molecule has 0 radical (unpaired) electrons. The molecule has 36 valence electrons. The molecule has 1 amide bonds. The highest BCUT2D eigenvalue weighted by molar-refractivity contribution is 5.78. The van der Waals surface area contributed by atoms with E-state index in [1.165, 1.54) is 0 Å². The molecule has 1 aliphatic carbocycles. The van der Waals surface area contributed by atoms with Crippen molar-refractivity contribution in [1.29, 1.82) is 0 Å². The van der Waals surface area contributed by atoms with Crippen LogP contribution in [0.5, 0.6) is 0 Å². The summed E-state index contributed by atoms with van der Waals surface area (Å²) in [5.74, 6) is 0.111. The van der Waals surface area contributed by atoms with E-state index in [-0.39, 0.29) is 13.3 Å². The topological polar surface area (TPSA) is 43.1 Å². The van der Waals surface area contributed by atoms with Crippen LogP contribution in [-0.4, -0.2) is 5.91 Å². The van der Waals surface area contributed by atoms with Crippen LogP contribution in [0.1, 0.15) is 14.3 Å². The van der Waals surface area contributed by atoms with Gasteiger partial charge < -0.3 is 5.73 Å². The van der Waals surface area contributed by atoms with Crippen LogP contribution in [-0.2, 0) is 4.79 Å². The monoisotopic (exact) mass is 87.1 g/mol. The number of amides is 1. The molecular formula is C4H9NO. The first-order chi connectivity index (χ1) is 2.80. The Bertz CT molecular complexity index is 79.8. The van der Waals surface area contributed by atoms with Gasteiger partial charge in [0.2, 0.25) is 5.91 Å². The molecule has 0 aliphatic heterocycles. The van der Waals surface area contributed by atoms with E-state index < -0.39 is 0 Å². The minimum Gasteiger partial charge on any atom is -0.369 e. The van der Waals surface area contributed by atoms with E-state index in [1.807, 2.05) is 0 Å². The SMILES string of the molecule is NC(=O)C1CC1.[HH]. The summed E-state index contributed by atoms with van der Waals surface area (Å²) in [6, 6.07) is 0. The van der Waals surface area contributed by atoms with Crippen LogP contribution in [0.3, 0.4) is 0 Å². The maximum absolute atomic E-state index is 9.98. The van der Waals surface area contributed by atoms with Gasteiger partial charge in [-0.25, -0.2) is 0 Å². The fourth-order valence-corrected chi connectivity index (χ4v) is 0.368. The van der Waals surface area contributed by atoms with Crippen molar-refractivity contribution >= 4 is 5.91 Å². The van der Waals surface area contributed by atoms with Gasteiger partial charge in [0.1, 0.15) is 0 Å². The summed E-state index contributed by atoms with van der Waals surface area (Å²) in [7, 11) is 0. The van der Waals surface area contributed by atoms with Gasteiger partial charge in [0.15, 0.2) is 0 Å². The van der Waals surface area contributed by atoms with Gasteiger partial charge >= 0.3 is 0 Å². The highest BCUT2D eigenvalue weighted by Gasteiger charge is 2.26. The zero-order chi connectivity index (χ0) is 4.57. The molecule has 0 atom stereocenters. The van der Waals surface area contributed by atoms with Crippen molar-refractivity contribution in [3.05, 3.63) is 0 Å². The molecule has 2 heteroatoms. The lowest BCUT2D eigenvalue weighted by atomic mass is 10.4. The fourth-order valence-electron chi connectivity index (χ4n) is 0.368. The van der Waals surface area contributed by atoms with E-state index in [9.17, 15) is 4.79 Å². The fraction of sp³-hybridized carbons (Fsp3) is 0.750. The second kappa shape index (κ2) is 0.965. The molecule has 1 saturated carbocycles.